The van der Waals surface area contributed by atoms with Gasteiger partial charge in [-0.25, -0.2) is 13.1 Å². The van der Waals surface area contributed by atoms with Gasteiger partial charge in [0.1, 0.15) is 23.7 Å². The molecule has 0 amide bonds. The first-order valence-electron chi connectivity index (χ1n) is 8.64. The molecule has 3 rings (SSSR count). The average molecular weight is 389 g/mol. The van der Waals surface area contributed by atoms with Crippen molar-refractivity contribution in [2.45, 2.75) is 24.8 Å². The van der Waals surface area contributed by atoms with Crippen LogP contribution in [0.3, 0.4) is 0 Å². The van der Waals surface area contributed by atoms with Crippen LogP contribution in [0.15, 0.2) is 57.8 Å². The van der Waals surface area contributed by atoms with Crippen molar-refractivity contribution in [3.63, 3.8) is 0 Å². The number of benzene rings is 2. The maximum absolute atomic E-state index is 12.7. The fourth-order valence-corrected chi connectivity index (χ4v) is 4.06. The fourth-order valence-electron chi connectivity index (χ4n) is 2.76. The topological polar surface area (TPSA) is 77.8 Å². The predicted molar refractivity (Wildman–Crippen MR) is 104 cm³/mol. The minimum absolute atomic E-state index is 0.182. The van der Waals surface area contributed by atoms with E-state index >= 15 is 0 Å². The Morgan fingerprint density at radius 3 is 2.59 bits per heavy atom. The number of hydrogen-bond donors (Lipinski definition) is 1. The van der Waals surface area contributed by atoms with Crippen molar-refractivity contribution in [2.24, 2.45) is 0 Å². The number of ether oxygens (including phenoxy) is 2. The number of rotatable bonds is 8. The third kappa shape index (κ3) is 4.50. The lowest BCUT2D eigenvalue weighted by molar-refractivity contribution is 0.146. The smallest absolute Gasteiger partial charge is 0.241 e. The number of nitrogens with one attached hydrogen (secondary N) is 1. The lowest BCUT2D eigenvalue weighted by atomic mass is 10.2. The van der Waals surface area contributed by atoms with Crippen LogP contribution < -0.4 is 9.46 Å². The number of methoxy groups -OCH3 is 1. The summed E-state index contributed by atoms with van der Waals surface area (Å²) in [6, 6.07) is 13.7. The summed E-state index contributed by atoms with van der Waals surface area (Å²) in [5.41, 5.74) is 1.47. The van der Waals surface area contributed by atoms with Gasteiger partial charge >= 0.3 is 0 Å². The maximum atomic E-state index is 12.7. The Morgan fingerprint density at radius 1 is 1.11 bits per heavy atom. The van der Waals surface area contributed by atoms with Crippen LogP contribution in [0.4, 0.5) is 0 Å². The molecule has 1 atom stereocenters. The number of aryl methyl sites for hydroxylation is 1. The second-order valence-electron chi connectivity index (χ2n) is 6.30. The van der Waals surface area contributed by atoms with E-state index in [0.29, 0.717) is 24.7 Å². The third-order valence-corrected chi connectivity index (χ3v) is 5.74. The normalized spacial score (nSPS) is 13.0. The Hall–Kier alpha value is -2.35. The zero-order valence-corrected chi connectivity index (χ0v) is 16.4. The summed E-state index contributed by atoms with van der Waals surface area (Å²) in [4.78, 5) is 0.182. The third-order valence-electron chi connectivity index (χ3n) is 4.21. The van der Waals surface area contributed by atoms with E-state index in [2.05, 4.69) is 4.72 Å². The molecule has 0 radical (unpaired) electrons. The predicted octanol–water partition coefficient (Wildman–Crippen LogP) is 3.81. The zero-order chi connectivity index (χ0) is 19.4. The molecule has 0 aliphatic heterocycles. The van der Waals surface area contributed by atoms with E-state index in [1.807, 2.05) is 37.3 Å². The standard InChI is InChI=1S/C20H23NO5S/c1-14-12-17(8-9-18(14)25-11-10-24-3)27(22,23)21-15(2)20-13-16-6-4-5-7-19(16)26-20/h4-9,12-13,15,21H,10-11H2,1-3H3. The molecular formula is C20H23NO5S. The van der Waals surface area contributed by atoms with Crippen molar-refractivity contribution < 1.29 is 22.3 Å². The molecule has 0 bridgehead atoms. The highest BCUT2D eigenvalue weighted by Gasteiger charge is 2.21. The molecule has 0 spiro atoms. The fraction of sp³-hybridized carbons (Fsp3) is 0.300. The second-order valence-corrected chi connectivity index (χ2v) is 8.01. The Bertz CT molecular complexity index is 993. The van der Waals surface area contributed by atoms with Gasteiger partial charge in [0.15, 0.2) is 0 Å². The van der Waals surface area contributed by atoms with Gasteiger partial charge in [-0.3, -0.25) is 0 Å². The van der Waals surface area contributed by atoms with Crippen LogP contribution in [0.2, 0.25) is 0 Å². The van der Waals surface area contributed by atoms with Crippen LogP contribution >= 0.6 is 0 Å². The molecule has 2 aromatic carbocycles. The van der Waals surface area contributed by atoms with Crippen LogP contribution in [0.25, 0.3) is 11.0 Å². The van der Waals surface area contributed by atoms with Gasteiger partial charge in [0.2, 0.25) is 10.0 Å². The summed E-state index contributed by atoms with van der Waals surface area (Å²) < 4.78 is 44.4. The monoisotopic (exact) mass is 389 g/mol. The highest BCUT2D eigenvalue weighted by Crippen LogP contribution is 2.26. The van der Waals surface area contributed by atoms with Crippen molar-refractivity contribution in [2.75, 3.05) is 20.3 Å². The Kier molecular flexibility index (Phi) is 5.84. The molecule has 1 heterocycles. The molecule has 7 heteroatoms. The average Bonchev–Trinajstić information content (AvgIpc) is 3.07. The van der Waals surface area contributed by atoms with E-state index in [1.165, 1.54) is 6.07 Å². The molecule has 1 aromatic heterocycles. The molecule has 0 saturated heterocycles. The molecule has 0 aliphatic carbocycles. The van der Waals surface area contributed by atoms with Gasteiger partial charge in [-0.1, -0.05) is 18.2 Å². The molecule has 1 unspecified atom stereocenters. The quantitative estimate of drug-likeness (QED) is 0.593. The summed E-state index contributed by atoms with van der Waals surface area (Å²) in [7, 11) is -2.10. The highest BCUT2D eigenvalue weighted by molar-refractivity contribution is 7.89. The number of furan rings is 1. The molecular weight excluding hydrogens is 366 g/mol. The molecule has 0 saturated carbocycles. The summed E-state index contributed by atoms with van der Waals surface area (Å²) in [5.74, 6) is 1.20. The van der Waals surface area contributed by atoms with Gasteiger partial charge in [0.25, 0.3) is 0 Å². The van der Waals surface area contributed by atoms with Crippen molar-refractivity contribution in [3.8, 4) is 5.75 Å². The maximum Gasteiger partial charge on any atom is 0.241 e. The first-order chi connectivity index (χ1) is 12.9. The largest absolute Gasteiger partial charge is 0.491 e. The molecule has 27 heavy (non-hydrogen) atoms. The van der Waals surface area contributed by atoms with Crippen LogP contribution in [0.1, 0.15) is 24.3 Å². The van der Waals surface area contributed by atoms with Gasteiger partial charge in [-0.2, -0.15) is 0 Å². The van der Waals surface area contributed by atoms with Crippen LogP contribution in [0, 0.1) is 6.92 Å². The number of sulfonamides is 1. The van der Waals surface area contributed by atoms with Gasteiger partial charge in [-0.15, -0.1) is 0 Å². The van der Waals surface area contributed by atoms with Crippen molar-refractivity contribution in [1.29, 1.82) is 0 Å². The molecule has 0 aliphatic rings. The lowest BCUT2D eigenvalue weighted by Crippen LogP contribution is -2.26. The van der Waals surface area contributed by atoms with Gasteiger partial charge < -0.3 is 13.9 Å². The summed E-state index contributed by atoms with van der Waals surface area (Å²) in [6.07, 6.45) is 0. The number of para-hydroxylation sites is 1. The summed E-state index contributed by atoms with van der Waals surface area (Å²) in [6.45, 7) is 4.44. The van der Waals surface area contributed by atoms with Crippen molar-refractivity contribution >= 4 is 21.0 Å². The van der Waals surface area contributed by atoms with Gasteiger partial charge in [-0.05, 0) is 49.7 Å². The molecule has 0 fully saturated rings. The molecule has 3 aromatic rings. The van der Waals surface area contributed by atoms with Gasteiger partial charge in [0.05, 0.1) is 17.5 Å². The first-order valence-corrected chi connectivity index (χ1v) is 10.1. The highest BCUT2D eigenvalue weighted by atomic mass is 32.2. The van der Waals surface area contributed by atoms with Crippen LogP contribution in [0.5, 0.6) is 5.75 Å². The molecule has 1 N–H and O–H groups in total. The van der Waals surface area contributed by atoms with Crippen LogP contribution in [-0.4, -0.2) is 28.7 Å². The minimum atomic E-state index is -3.70. The van der Waals surface area contributed by atoms with Gasteiger partial charge in [0, 0.05) is 12.5 Å². The van der Waals surface area contributed by atoms with E-state index in [-0.39, 0.29) is 4.90 Å². The van der Waals surface area contributed by atoms with Crippen molar-refractivity contribution in [1.82, 2.24) is 4.72 Å². The van der Waals surface area contributed by atoms with E-state index in [0.717, 1.165) is 16.5 Å². The van der Waals surface area contributed by atoms with Crippen molar-refractivity contribution in [3.05, 3.63) is 59.9 Å². The zero-order valence-electron chi connectivity index (χ0n) is 15.6. The van der Waals surface area contributed by atoms with E-state index in [4.69, 9.17) is 13.9 Å². The number of hydrogen-bond acceptors (Lipinski definition) is 5. The van der Waals surface area contributed by atoms with Crippen LogP contribution in [-0.2, 0) is 14.8 Å². The summed E-state index contributed by atoms with van der Waals surface area (Å²) in [5, 5.41) is 0.937. The molecule has 6 nitrogen and oxygen atoms in total. The SMILES string of the molecule is COCCOc1ccc(S(=O)(=O)NC(C)c2cc3ccccc3o2)cc1C. The first kappa shape index (κ1) is 19.4. The molecule has 144 valence electrons. The lowest BCUT2D eigenvalue weighted by Gasteiger charge is -2.14. The second kappa shape index (κ2) is 8.12. The Morgan fingerprint density at radius 2 is 1.89 bits per heavy atom. The van der Waals surface area contributed by atoms with E-state index in [9.17, 15) is 8.42 Å². The van der Waals surface area contributed by atoms with E-state index < -0.39 is 16.1 Å². The van der Waals surface area contributed by atoms with E-state index in [1.54, 1.807) is 26.2 Å². The summed E-state index contributed by atoms with van der Waals surface area (Å²) >= 11 is 0. The Labute approximate surface area is 159 Å². The number of fused-ring (bicyclic) bond motifs is 1. The Balaban J connectivity index is 1.76. The minimum Gasteiger partial charge on any atom is -0.491 e.